The van der Waals surface area contributed by atoms with Crippen LogP contribution in [0.25, 0.3) is 5.69 Å². The second-order valence-corrected chi connectivity index (χ2v) is 7.43. The highest BCUT2D eigenvalue weighted by Gasteiger charge is 2.37. The quantitative estimate of drug-likeness (QED) is 0.672. The molecule has 0 unspecified atom stereocenters. The maximum absolute atomic E-state index is 12.1. The van der Waals surface area contributed by atoms with Crippen LogP contribution in [0, 0.1) is 0 Å². The van der Waals surface area contributed by atoms with E-state index in [9.17, 15) is 4.79 Å². The van der Waals surface area contributed by atoms with E-state index in [0.29, 0.717) is 34.3 Å². The minimum absolute atomic E-state index is 0.166. The van der Waals surface area contributed by atoms with E-state index in [0.717, 1.165) is 24.1 Å². The van der Waals surface area contributed by atoms with E-state index in [2.05, 4.69) is 25.7 Å². The zero-order chi connectivity index (χ0) is 21.5. The van der Waals surface area contributed by atoms with Crippen molar-refractivity contribution in [3.05, 3.63) is 52.8 Å². The number of fused-ring (bicyclic) bond motifs is 2. The minimum atomic E-state index is -0.271. The van der Waals surface area contributed by atoms with Crippen LogP contribution >= 0.6 is 0 Å². The summed E-state index contributed by atoms with van der Waals surface area (Å²) >= 11 is 0. The van der Waals surface area contributed by atoms with Gasteiger partial charge < -0.3 is 19.5 Å². The molecule has 0 radical (unpaired) electrons. The van der Waals surface area contributed by atoms with Gasteiger partial charge in [-0.15, -0.1) is 5.10 Å². The Kier molecular flexibility index (Phi) is 4.70. The molecule has 160 valence electrons. The Morgan fingerprint density at radius 2 is 2.16 bits per heavy atom. The Balaban J connectivity index is 1.66. The van der Waals surface area contributed by atoms with Gasteiger partial charge in [0, 0.05) is 24.7 Å². The van der Waals surface area contributed by atoms with Crippen molar-refractivity contribution in [3.63, 3.8) is 0 Å². The molecule has 1 amide bonds. The molecule has 10 nitrogen and oxygen atoms in total. The summed E-state index contributed by atoms with van der Waals surface area (Å²) in [4.78, 5) is 14.3. The summed E-state index contributed by atoms with van der Waals surface area (Å²) < 4.78 is 18.7. The maximum atomic E-state index is 12.1. The third-order valence-corrected chi connectivity index (χ3v) is 5.71. The van der Waals surface area contributed by atoms with Crippen LogP contribution in [0.3, 0.4) is 0 Å². The van der Waals surface area contributed by atoms with Crippen molar-refractivity contribution in [3.8, 4) is 22.9 Å². The predicted octanol–water partition coefficient (Wildman–Crippen LogP) is 1.34. The van der Waals surface area contributed by atoms with Crippen molar-refractivity contribution >= 4 is 5.91 Å². The van der Waals surface area contributed by atoms with E-state index in [1.165, 1.54) is 0 Å². The number of ether oxygens (including phenoxy) is 3. The molecule has 0 spiro atoms. The Morgan fingerprint density at radius 1 is 1.29 bits per heavy atom. The van der Waals surface area contributed by atoms with Gasteiger partial charge in [-0.05, 0) is 53.7 Å². The van der Waals surface area contributed by atoms with Gasteiger partial charge in [0.1, 0.15) is 6.04 Å². The van der Waals surface area contributed by atoms with Crippen LogP contribution < -0.4 is 19.5 Å². The second kappa shape index (κ2) is 7.55. The molecule has 0 bridgehead atoms. The third-order valence-electron chi connectivity index (χ3n) is 5.71. The van der Waals surface area contributed by atoms with Gasteiger partial charge in [-0.1, -0.05) is 6.07 Å². The van der Waals surface area contributed by atoms with E-state index in [1.54, 1.807) is 31.0 Å². The fourth-order valence-electron chi connectivity index (χ4n) is 4.23. The summed E-state index contributed by atoms with van der Waals surface area (Å²) in [7, 11) is 5.25. The average molecular weight is 422 g/mol. The fourth-order valence-corrected chi connectivity index (χ4v) is 4.23. The Morgan fingerprint density at radius 3 is 2.97 bits per heavy atom. The molecule has 5 rings (SSSR count). The number of hydrogen-bond acceptors (Lipinski definition) is 8. The van der Waals surface area contributed by atoms with E-state index < -0.39 is 0 Å². The van der Waals surface area contributed by atoms with Crippen LogP contribution in [0.4, 0.5) is 0 Å². The topological polar surface area (TPSA) is 104 Å². The third kappa shape index (κ3) is 3.07. The number of likely N-dealkylation sites (N-methyl/N-ethyl adjacent to an activating group) is 1. The molecule has 0 saturated heterocycles. The summed E-state index contributed by atoms with van der Waals surface area (Å²) in [5.74, 6) is 2.37. The summed E-state index contributed by atoms with van der Waals surface area (Å²) in [6.45, 7) is 0.977. The number of tetrazole rings is 1. The molecule has 1 N–H and O–H groups in total. The average Bonchev–Trinajstić information content (AvgIpc) is 3.46. The summed E-state index contributed by atoms with van der Waals surface area (Å²) in [5, 5.41) is 15.2. The highest BCUT2D eigenvalue weighted by Crippen LogP contribution is 2.50. The lowest BCUT2D eigenvalue weighted by Crippen LogP contribution is -2.35. The summed E-state index contributed by atoms with van der Waals surface area (Å²) in [6.07, 6.45) is 0.836. The van der Waals surface area contributed by atoms with E-state index in [-0.39, 0.29) is 18.7 Å². The van der Waals surface area contributed by atoms with E-state index >= 15 is 0 Å². The number of benzene rings is 2. The van der Waals surface area contributed by atoms with Gasteiger partial charge in [0.25, 0.3) is 5.91 Å². The lowest BCUT2D eigenvalue weighted by atomic mass is 9.90. The van der Waals surface area contributed by atoms with Gasteiger partial charge in [0.2, 0.25) is 12.5 Å². The Hall–Kier alpha value is -3.66. The number of nitrogens with zero attached hydrogens (tertiary/aromatic N) is 5. The number of aromatic nitrogens is 4. The number of carbonyl (C=O) groups is 1. The van der Waals surface area contributed by atoms with Crippen molar-refractivity contribution in [2.24, 2.45) is 0 Å². The molecule has 3 aromatic rings. The standard InChI is InChI=1S/C21H22N6O4/c1-22-21(28)13-5-4-6-14(9-13)27-20(23-24-25-27)17-16-12(7-8-26(17)2)10-15-18(19(16)29-3)31-11-30-15/h4-6,9-10,17H,7-8,11H2,1-3H3,(H,22,28)/t17-/m0/s1. The molecule has 1 atom stereocenters. The van der Waals surface area contributed by atoms with Crippen LogP contribution in [0.1, 0.15) is 33.4 Å². The molecule has 0 fully saturated rings. The molecular formula is C21H22N6O4. The minimum Gasteiger partial charge on any atom is -0.492 e. The SMILES string of the molecule is CNC(=O)c1cccc(-n2nnnc2[C@@H]2c3c(cc4c(c3OC)OCO4)CCN2C)c1. The lowest BCUT2D eigenvalue weighted by molar-refractivity contribution is 0.0963. The zero-order valence-corrected chi connectivity index (χ0v) is 17.5. The van der Waals surface area contributed by atoms with Gasteiger partial charge in [-0.25, -0.2) is 0 Å². The highest BCUT2D eigenvalue weighted by molar-refractivity contribution is 5.94. The molecule has 0 aliphatic carbocycles. The molecule has 2 aromatic carbocycles. The predicted molar refractivity (Wildman–Crippen MR) is 110 cm³/mol. The summed E-state index contributed by atoms with van der Waals surface area (Å²) in [6, 6.07) is 8.93. The fraction of sp³-hybridized carbons (Fsp3) is 0.333. The van der Waals surface area contributed by atoms with Crippen LogP contribution in [-0.4, -0.2) is 65.6 Å². The van der Waals surface area contributed by atoms with Crippen LogP contribution in [0.5, 0.6) is 17.2 Å². The molecule has 3 heterocycles. The molecule has 10 heteroatoms. The van der Waals surface area contributed by atoms with Crippen molar-refractivity contribution in [2.75, 3.05) is 34.5 Å². The number of rotatable bonds is 4. The first kappa shape index (κ1) is 19.3. The number of carbonyl (C=O) groups excluding carboxylic acids is 1. The normalized spacial score (nSPS) is 17.3. The van der Waals surface area contributed by atoms with Crippen LogP contribution in [0.2, 0.25) is 0 Å². The van der Waals surface area contributed by atoms with Gasteiger partial charge in [0.15, 0.2) is 17.3 Å². The Bertz CT molecular complexity index is 1160. The van der Waals surface area contributed by atoms with Gasteiger partial charge >= 0.3 is 0 Å². The van der Waals surface area contributed by atoms with Gasteiger partial charge in [-0.2, -0.15) is 4.68 Å². The number of nitrogens with one attached hydrogen (secondary N) is 1. The highest BCUT2D eigenvalue weighted by atomic mass is 16.7. The first-order valence-electron chi connectivity index (χ1n) is 9.92. The molecule has 31 heavy (non-hydrogen) atoms. The summed E-state index contributed by atoms with van der Waals surface area (Å²) in [5.41, 5.74) is 3.29. The molecule has 2 aliphatic rings. The lowest BCUT2D eigenvalue weighted by Gasteiger charge is -2.34. The number of methoxy groups -OCH3 is 1. The van der Waals surface area contributed by atoms with Crippen molar-refractivity contribution in [1.29, 1.82) is 0 Å². The van der Waals surface area contributed by atoms with Crippen molar-refractivity contribution < 1.29 is 19.0 Å². The maximum Gasteiger partial charge on any atom is 0.251 e. The van der Waals surface area contributed by atoms with Crippen molar-refractivity contribution in [1.82, 2.24) is 30.4 Å². The van der Waals surface area contributed by atoms with Crippen LogP contribution in [0.15, 0.2) is 30.3 Å². The van der Waals surface area contributed by atoms with Gasteiger partial charge in [-0.3, -0.25) is 9.69 Å². The van der Waals surface area contributed by atoms with Crippen LogP contribution in [-0.2, 0) is 6.42 Å². The second-order valence-electron chi connectivity index (χ2n) is 7.43. The largest absolute Gasteiger partial charge is 0.492 e. The Labute approximate surface area is 178 Å². The molecular weight excluding hydrogens is 400 g/mol. The zero-order valence-electron chi connectivity index (χ0n) is 17.5. The molecule has 2 aliphatic heterocycles. The monoisotopic (exact) mass is 422 g/mol. The number of amides is 1. The first-order chi connectivity index (χ1) is 15.1. The van der Waals surface area contributed by atoms with Gasteiger partial charge in [0.05, 0.1) is 12.8 Å². The van der Waals surface area contributed by atoms with E-state index in [4.69, 9.17) is 14.2 Å². The van der Waals surface area contributed by atoms with Crippen molar-refractivity contribution in [2.45, 2.75) is 12.5 Å². The van der Waals surface area contributed by atoms with E-state index in [1.807, 2.05) is 25.2 Å². The molecule has 1 aromatic heterocycles. The number of hydrogen-bond donors (Lipinski definition) is 1. The first-order valence-corrected chi connectivity index (χ1v) is 9.92. The molecule has 0 saturated carbocycles. The smallest absolute Gasteiger partial charge is 0.251 e.